The molecule has 0 heterocycles. The number of nitrogens with one attached hydrogen (secondary N) is 1. The van der Waals surface area contributed by atoms with Gasteiger partial charge in [0, 0.05) is 25.2 Å². The molecule has 0 unspecified atom stereocenters. The monoisotopic (exact) mass is 276 g/mol. The summed E-state index contributed by atoms with van der Waals surface area (Å²) in [6, 6.07) is 6.50. The van der Waals surface area contributed by atoms with Gasteiger partial charge in [-0.3, -0.25) is 4.79 Å². The van der Waals surface area contributed by atoms with Gasteiger partial charge in [0.25, 0.3) is 5.91 Å². The number of amides is 1. The molecule has 1 fully saturated rings. The molecule has 1 aliphatic carbocycles. The molecule has 0 bridgehead atoms. The summed E-state index contributed by atoms with van der Waals surface area (Å²) in [7, 11) is 1.86. The molecular weight excluding hydrogens is 252 g/mol. The van der Waals surface area contributed by atoms with Crippen LogP contribution in [0.5, 0.6) is 5.75 Å². The van der Waals surface area contributed by atoms with Crippen molar-refractivity contribution >= 4 is 5.91 Å². The predicted molar refractivity (Wildman–Crippen MR) is 79.8 cm³/mol. The Labute approximate surface area is 121 Å². The van der Waals surface area contributed by atoms with E-state index in [1.165, 1.54) is 5.56 Å². The van der Waals surface area contributed by atoms with Gasteiger partial charge in [-0.1, -0.05) is 24.6 Å². The van der Waals surface area contributed by atoms with Crippen LogP contribution in [0.4, 0.5) is 0 Å². The van der Waals surface area contributed by atoms with E-state index in [2.05, 4.69) is 25.2 Å². The third kappa shape index (κ3) is 3.97. The molecule has 20 heavy (non-hydrogen) atoms. The second-order valence-electron chi connectivity index (χ2n) is 5.42. The highest BCUT2D eigenvalue weighted by Gasteiger charge is 2.29. The predicted octanol–water partition coefficient (Wildman–Crippen LogP) is 2.10. The summed E-state index contributed by atoms with van der Waals surface area (Å²) in [6.07, 6.45) is 2.25. The molecule has 1 aromatic carbocycles. The Balaban J connectivity index is 1.95. The zero-order valence-electron chi connectivity index (χ0n) is 12.6. The Hall–Kier alpha value is -1.55. The maximum Gasteiger partial charge on any atom is 0.260 e. The van der Waals surface area contributed by atoms with E-state index in [-0.39, 0.29) is 12.5 Å². The fourth-order valence-corrected chi connectivity index (χ4v) is 2.15. The fourth-order valence-electron chi connectivity index (χ4n) is 2.15. The van der Waals surface area contributed by atoms with E-state index >= 15 is 0 Å². The topological polar surface area (TPSA) is 41.6 Å². The first-order chi connectivity index (χ1) is 9.61. The van der Waals surface area contributed by atoms with Crippen LogP contribution in [-0.2, 0) is 11.3 Å². The summed E-state index contributed by atoms with van der Waals surface area (Å²) in [5.74, 6) is 0.858. The molecule has 0 saturated heterocycles. The summed E-state index contributed by atoms with van der Waals surface area (Å²) in [5, 5.41) is 3.30. The molecule has 0 radical (unpaired) electrons. The van der Waals surface area contributed by atoms with Crippen molar-refractivity contribution in [3.63, 3.8) is 0 Å². The maximum absolute atomic E-state index is 12.0. The van der Waals surface area contributed by atoms with Crippen molar-refractivity contribution < 1.29 is 9.53 Å². The average Bonchev–Trinajstić information content (AvgIpc) is 3.27. The van der Waals surface area contributed by atoms with Crippen molar-refractivity contribution in [1.82, 2.24) is 10.2 Å². The minimum atomic E-state index is 0.0578. The molecule has 1 saturated carbocycles. The number of hydrogen-bond donors (Lipinski definition) is 1. The number of carbonyl (C=O) groups is 1. The van der Waals surface area contributed by atoms with E-state index in [1.54, 1.807) is 4.90 Å². The second-order valence-corrected chi connectivity index (χ2v) is 5.42. The van der Waals surface area contributed by atoms with E-state index in [4.69, 9.17) is 4.74 Å². The van der Waals surface area contributed by atoms with Gasteiger partial charge in [0.05, 0.1) is 0 Å². The average molecular weight is 276 g/mol. The molecule has 1 amide bonds. The molecular formula is C16H24N2O2. The molecule has 0 aromatic heterocycles. The van der Waals surface area contributed by atoms with Gasteiger partial charge in [0.1, 0.15) is 5.75 Å². The van der Waals surface area contributed by atoms with Gasteiger partial charge in [-0.15, -0.1) is 0 Å². The van der Waals surface area contributed by atoms with E-state index in [9.17, 15) is 4.79 Å². The quantitative estimate of drug-likeness (QED) is 0.829. The van der Waals surface area contributed by atoms with Gasteiger partial charge in [-0.05, 0) is 32.4 Å². The number of hydrogen-bond acceptors (Lipinski definition) is 3. The highest BCUT2D eigenvalue weighted by atomic mass is 16.5. The van der Waals surface area contributed by atoms with Crippen LogP contribution in [0.25, 0.3) is 0 Å². The first kappa shape index (κ1) is 14.9. The summed E-state index contributed by atoms with van der Waals surface area (Å²) in [6.45, 7) is 5.93. The van der Waals surface area contributed by atoms with Crippen LogP contribution in [0, 0.1) is 6.92 Å². The third-order valence-corrected chi connectivity index (χ3v) is 3.62. The molecule has 4 nitrogen and oxygen atoms in total. The first-order valence-electron chi connectivity index (χ1n) is 7.30. The van der Waals surface area contributed by atoms with Crippen molar-refractivity contribution in [3.8, 4) is 5.75 Å². The molecule has 0 atom stereocenters. The Morgan fingerprint density at radius 2 is 2.20 bits per heavy atom. The van der Waals surface area contributed by atoms with Gasteiger partial charge < -0.3 is 15.0 Å². The second kappa shape index (κ2) is 6.75. The Bertz CT molecular complexity index is 470. The SMILES string of the molecule is CCNCc1cc(C)ccc1OCC(=O)N(C)C1CC1. The zero-order chi connectivity index (χ0) is 14.5. The van der Waals surface area contributed by atoms with Crippen molar-refractivity contribution in [2.75, 3.05) is 20.2 Å². The molecule has 1 aromatic rings. The van der Waals surface area contributed by atoms with Crippen molar-refractivity contribution in [2.45, 2.75) is 39.3 Å². The van der Waals surface area contributed by atoms with Crippen LogP contribution < -0.4 is 10.1 Å². The minimum Gasteiger partial charge on any atom is -0.483 e. The van der Waals surface area contributed by atoms with E-state index < -0.39 is 0 Å². The van der Waals surface area contributed by atoms with E-state index in [0.29, 0.717) is 6.04 Å². The lowest BCUT2D eigenvalue weighted by atomic mass is 10.1. The largest absolute Gasteiger partial charge is 0.483 e. The number of likely N-dealkylation sites (N-methyl/N-ethyl adjacent to an activating group) is 1. The molecule has 1 N–H and O–H groups in total. The normalized spacial score (nSPS) is 14.2. The highest BCUT2D eigenvalue weighted by molar-refractivity contribution is 5.78. The van der Waals surface area contributed by atoms with E-state index in [0.717, 1.165) is 37.2 Å². The fraction of sp³-hybridized carbons (Fsp3) is 0.562. The molecule has 0 spiro atoms. The van der Waals surface area contributed by atoms with Crippen LogP contribution >= 0.6 is 0 Å². The van der Waals surface area contributed by atoms with Gasteiger partial charge in [0.15, 0.2) is 6.61 Å². The Kier molecular flexibility index (Phi) is 5.01. The molecule has 0 aliphatic heterocycles. The lowest BCUT2D eigenvalue weighted by Crippen LogP contribution is -2.33. The van der Waals surface area contributed by atoms with Gasteiger partial charge in [0.2, 0.25) is 0 Å². The number of carbonyl (C=O) groups excluding carboxylic acids is 1. The van der Waals surface area contributed by atoms with Crippen LogP contribution in [0.3, 0.4) is 0 Å². The third-order valence-electron chi connectivity index (χ3n) is 3.62. The van der Waals surface area contributed by atoms with E-state index in [1.807, 2.05) is 19.2 Å². The lowest BCUT2D eigenvalue weighted by molar-refractivity contribution is -0.132. The number of rotatable bonds is 7. The summed E-state index contributed by atoms with van der Waals surface area (Å²) in [5.41, 5.74) is 2.31. The van der Waals surface area contributed by atoms with Crippen molar-refractivity contribution in [3.05, 3.63) is 29.3 Å². The maximum atomic E-state index is 12.0. The molecule has 2 rings (SSSR count). The standard InChI is InChI=1S/C16H24N2O2/c1-4-17-10-13-9-12(2)5-8-15(13)20-11-16(19)18(3)14-6-7-14/h5,8-9,14,17H,4,6-7,10-11H2,1-3H3. The van der Waals surface area contributed by atoms with Gasteiger partial charge >= 0.3 is 0 Å². The Morgan fingerprint density at radius 1 is 1.45 bits per heavy atom. The van der Waals surface area contributed by atoms with Crippen LogP contribution in [0.15, 0.2) is 18.2 Å². The zero-order valence-corrected chi connectivity index (χ0v) is 12.6. The summed E-state index contributed by atoms with van der Waals surface area (Å²) < 4.78 is 5.72. The number of ether oxygens (including phenoxy) is 1. The lowest BCUT2D eigenvalue weighted by Gasteiger charge is -2.18. The molecule has 110 valence electrons. The van der Waals surface area contributed by atoms with Crippen LogP contribution in [0.1, 0.15) is 30.9 Å². The number of aryl methyl sites for hydroxylation is 1. The number of benzene rings is 1. The van der Waals surface area contributed by atoms with Crippen LogP contribution in [-0.4, -0.2) is 37.0 Å². The Morgan fingerprint density at radius 3 is 2.85 bits per heavy atom. The first-order valence-corrected chi connectivity index (χ1v) is 7.30. The van der Waals surface area contributed by atoms with Crippen LogP contribution in [0.2, 0.25) is 0 Å². The molecule has 1 aliphatic rings. The summed E-state index contributed by atoms with van der Waals surface area (Å²) >= 11 is 0. The van der Waals surface area contributed by atoms with Crippen molar-refractivity contribution in [1.29, 1.82) is 0 Å². The van der Waals surface area contributed by atoms with Crippen molar-refractivity contribution in [2.24, 2.45) is 0 Å². The highest BCUT2D eigenvalue weighted by Crippen LogP contribution is 2.25. The minimum absolute atomic E-state index is 0.0578. The molecule has 4 heteroatoms. The number of nitrogens with zero attached hydrogens (tertiary/aromatic N) is 1. The smallest absolute Gasteiger partial charge is 0.260 e. The summed E-state index contributed by atoms with van der Waals surface area (Å²) in [4.78, 5) is 13.8. The van der Waals surface area contributed by atoms with Gasteiger partial charge in [-0.2, -0.15) is 0 Å². The van der Waals surface area contributed by atoms with Gasteiger partial charge in [-0.25, -0.2) is 0 Å².